The zero-order valence-corrected chi connectivity index (χ0v) is 16.7. The highest BCUT2D eigenvalue weighted by Gasteiger charge is 2.20. The average molecular weight is 390 g/mol. The number of hydrogen-bond acceptors (Lipinski definition) is 5. The van der Waals surface area contributed by atoms with E-state index < -0.39 is 0 Å². The monoisotopic (exact) mass is 390 g/mol. The number of carbonyl (C=O) groups is 1. The minimum Gasteiger partial charge on any atom is -0.456 e. The molecule has 0 radical (unpaired) electrons. The van der Waals surface area contributed by atoms with Crippen LogP contribution in [0.5, 0.6) is 0 Å². The maximum atomic E-state index is 12.5. The molecule has 1 aromatic carbocycles. The number of nitrogens with zero attached hydrogens (tertiary/aromatic N) is 3. The Morgan fingerprint density at radius 2 is 1.79 bits per heavy atom. The largest absolute Gasteiger partial charge is 0.456 e. The lowest BCUT2D eigenvalue weighted by atomic mass is 10.1. The number of carbonyl (C=O) groups excluding carboxylic acids is 1. The normalized spacial score (nSPS) is 14.7. The molecule has 29 heavy (non-hydrogen) atoms. The first-order chi connectivity index (χ1) is 14.2. The number of piperazine rings is 1. The summed E-state index contributed by atoms with van der Waals surface area (Å²) in [5.74, 6) is 0.839. The van der Waals surface area contributed by atoms with Crippen molar-refractivity contribution in [2.45, 2.75) is 13.3 Å². The number of furan rings is 1. The van der Waals surface area contributed by atoms with Crippen LogP contribution >= 0.6 is 0 Å². The van der Waals surface area contributed by atoms with Crippen molar-refractivity contribution in [3.8, 4) is 0 Å². The second-order valence-corrected chi connectivity index (χ2v) is 7.32. The molecule has 1 N–H and O–H groups in total. The molecule has 1 amide bonds. The fourth-order valence-electron chi connectivity index (χ4n) is 3.64. The lowest BCUT2D eigenvalue weighted by Gasteiger charge is -2.37. The summed E-state index contributed by atoms with van der Waals surface area (Å²) in [4.78, 5) is 21.4. The summed E-state index contributed by atoms with van der Waals surface area (Å²) in [6.45, 7) is 6.76. The highest BCUT2D eigenvalue weighted by molar-refractivity contribution is 6.04. The molecule has 0 unspecified atom stereocenters. The van der Waals surface area contributed by atoms with Crippen LogP contribution in [0.25, 0.3) is 0 Å². The van der Waals surface area contributed by atoms with Crippen molar-refractivity contribution < 1.29 is 9.21 Å². The Morgan fingerprint density at radius 1 is 1.03 bits per heavy atom. The predicted octanol–water partition coefficient (Wildman–Crippen LogP) is 3.60. The molecule has 4 rings (SSSR count). The van der Waals surface area contributed by atoms with Gasteiger partial charge in [-0.2, -0.15) is 0 Å². The molecule has 0 spiro atoms. The summed E-state index contributed by atoms with van der Waals surface area (Å²) < 4.78 is 5.44. The van der Waals surface area contributed by atoms with Gasteiger partial charge in [0.25, 0.3) is 5.91 Å². The number of pyridine rings is 1. The molecule has 150 valence electrons. The Bertz CT molecular complexity index is 946. The number of rotatable bonds is 6. The van der Waals surface area contributed by atoms with Crippen molar-refractivity contribution >= 4 is 17.3 Å². The Hall–Kier alpha value is -3.12. The van der Waals surface area contributed by atoms with Crippen molar-refractivity contribution in [3.05, 3.63) is 78.0 Å². The van der Waals surface area contributed by atoms with Crippen LogP contribution in [0.4, 0.5) is 11.4 Å². The van der Waals surface area contributed by atoms with Gasteiger partial charge >= 0.3 is 0 Å². The van der Waals surface area contributed by atoms with E-state index in [0.29, 0.717) is 5.76 Å². The fraction of sp³-hybridized carbons (Fsp3) is 0.304. The van der Waals surface area contributed by atoms with Crippen LogP contribution in [0.2, 0.25) is 0 Å². The third-order valence-corrected chi connectivity index (χ3v) is 5.30. The molecule has 3 heterocycles. The third-order valence-electron chi connectivity index (χ3n) is 5.30. The van der Waals surface area contributed by atoms with E-state index in [2.05, 4.69) is 38.3 Å². The zero-order valence-electron chi connectivity index (χ0n) is 16.7. The standard InChI is InChI=1S/C23H26N4O2/c1-18-6-7-22(29-18)23(28)25-20-4-2-3-5-21(20)27-16-14-26(15-17-27)13-10-19-8-11-24-12-9-19/h2-9,11-12H,10,13-17H2,1H3,(H,25,28). The molecule has 0 atom stereocenters. The molecule has 2 aromatic heterocycles. The summed E-state index contributed by atoms with van der Waals surface area (Å²) in [7, 11) is 0. The first-order valence-electron chi connectivity index (χ1n) is 10.0. The molecule has 6 heteroatoms. The summed E-state index contributed by atoms with van der Waals surface area (Å²) in [6, 6.07) is 15.6. The van der Waals surface area contributed by atoms with Gasteiger partial charge in [-0.25, -0.2) is 0 Å². The van der Waals surface area contributed by atoms with Gasteiger partial charge in [0.15, 0.2) is 5.76 Å². The second-order valence-electron chi connectivity index (χ2n) is 7.32. The molecule has 0 saturated carbocycles. The number of hydrogen-bond donors (Lipinski definition) is 1. The van der Waals surface area contributed by atoms with E-state index >= 15 is 0 Å². The smallest absolute Gasteiger partial charge is 0.291 e. The van der Waals surface area contributed by atoms with Crippen molar-refractivity contribution in [1.29, 1.82) is 0 Å². The van der Waals surface area contributed by atoms with Crippen LogP contribution in [0, 0.1) is 6.92 Å². The average Bonchev–Trinajstić information content (AvgIpc) is 3.20. The molecular weight excluding hydrogens is 364 g/mol. The predicted molar refractivity (Wildman–Crippen MR) is 114 cm³/mol. The van der Waals surface area contributed by atoms with Gasteiger partial charge in [-0.3, -0.25) is 14.7 Å². The molecule has 1 aliphatic heterocycles. The Kier molecular flexibility index (Phi) is 5.91. The van der Waals surface area contributed by atoms with Gasteiger partial charge in [0.2, 0.25) is 0 Å². The van der Waals surface area contributed by atoms with Gasteiger partial charge < -0.3 is 14.6 Å². The Morgan fingerprint density at radius 3 is 2.52 bits per heavy atom. The highest BCUT2D eigenvalue weighted by Crippen LogP contribution is 2.27. The first kappa shape index (κ1) is 19.2. The maximum absolute atomic E-state index is 12.5. The fourth-order valence-corrected chi connectivity index (χ4v) is 3.64. The van der Waals surface area contributed by atoms with Crippen LogP contribution in [-0.4, -0.2) is 48.5 Å². The molecule has 1 aliphatic rings. The van der Waals surface area contributed by atoms with Crippen LogP contribution in [-0.2, 0) is 6.42 Å². The van der Waals surface area contributed by atoms with Crippen molar-refractivity contribution in [2.75, 3.05) is 42.9 Å². The Balaban J connectivity index is 1.35. The van der Waals surface area contributed by atoms with E-state index in [9.17, 15) is 4.79 Å². The Labute approximate surface area is 171 Å². The summed E-state index contributed by atoms with van der Waals surface area (Å²) in [5.41, 5.74) is 3.19. The van der Waals surface area contributed by atoms with Gasteiger partial charge in [0, 0.05) is 45.1 Å². The topological polar surface area (TPSA) is 61.6 Å². The molecule has 0 bridgehead atoms. The number of anilines is 2. The van der Waals surface area contributed by atoms with Crippen molar-refractivity contribution in [2.24, 2.45) is 0 Å². The van der Waals surface area contributed by atoms with E-state index in [-0.39, 0.29) is 5.91 Å². The minimum atomic E-state index is -0.221. The molecule has 1 saturated heterocycles. The summed E-state index contributed by atoms with van der Waals surface area (Å²) in [6.07, 6.45) is 4.74. The molecule has 6 nitrogen and oxygen atoms in total. The van der Waals surface area contributed by atoms with Gasteiger partial charge in [0.05, 0.1) is 11.4 Å². The van der Waals surface area contributed by atoms with E-state index in [1.54, 1.807) is 12.1 Å². The van der Waals surface area contributed by atoms with Gasteiger partial charge in [-0.1, -0.05) is 12.1 Å². The molecule has 0 aliphatic carbocycles. The minimum absolute atomic E-state index is 0.221. The van der Waals surface area contributed by atoms with Crippen LogP contribution in [0.1, 0.15) is 21.9 Å². The van der Waals surface area contributed by atoms with E-state index in [1.807, 2.05) is 37.5 Å². The van der Waals surface area contributed by atoms with E-state index in [0.717, 1.165) is 56.3 Å². The van der Waals surface area contributed by atoms with E-state index in [1.165, 1.54) is 5.56 Å². The van der Waals surface area contributed by atoms with Gasteiger partial charge in [-0.05, 0) is 55.3 Å². The van der Waals surface area contributed by atoms with Crippen LogP contribution in [0.3, 0.4) is 0 Å². The summed E-state index contributed by atoms with van der Waals surface area (Å²) >= 11 is 0. The van der Waals surface area contributed by atoms with Crippen molar-refractivity contribution in [3.63, 3.8) is 0 Å². The van der Waals surface area contributed by atoms with Crippen molar-refractivity contribution in [1.82, 2.24) is 9.88 Å². The third kappa shape index (κ3) is 4.84. The zero-order chi connectivity index (χ0) is 20.1. The van der Waals surface area contributed by atoms with E-state index in [4.69, 9.17) is 4.42 Å². The number of nitrogens with one attached hydrogen (secondary N) is 1. The summed E-state index contributed by atoms with van der Waals surface area (Å²) in [5, 5.41) is 3.00. The second kappa shape index (κ2) is 8.92. The maximum Gasteiger partial charge on any atom is 0.291 e. The number of aryl methyl sites for hydroxylation is 1. The lowest BCUT2D eigenvalue weighted by Crippen LogP contribution is -2.47. The number of para-hydroxylation sites is 2. The van der Waals surface area contributed by atoms with Gasteiger partial charge in [0.1, 0.15) is 5.76 Å². The molecule has 1 fully saturated rings. The highest BCUT2D eigenvalue weighted by atomic mass is 16.3. The van der Waals surface area contributed by atoms with Gasteiger partial charge in [-0.15, -0.1) is 0 Å². The number of benzene rings is 1. The SMILES string of the molecule is Cc1ccc(C(=O)Nc2ccccc2N2CCN(CCc3ccncc3)CC2)o1. The molecular formula is C23H26N4O2. The molecule has 3 aromatic rings. The first-order valence-corrected chi connectivity index (χ1v) is 10.0. The number of aromatic nitrogens is 1. The van der Waals surface area contributed by atoms with Crippen LogP contribution < -0.4 is 10.2 Å². The number of amides is 1. The van der Waals surface area contributed by atoms with Crippen LogP contribution in [0.15, 0.2) is 65.3 Å². The lowest BCUT2D eigenvalue weighted by molar-refractivity contribution is 0.0995. The quantitative estimate of drug-likeness (QED) is 0.697.